The van der Waals surface area contributed by atoms with Gasteiger partial charge >= 0.3 is 5.97 Å². The summed E-state index contributed by atoms with van der Waals surface area (Å²) >= 11 is 12.1. The van der Waals surface area contributed by atoms with E-state index in [1.165, 1.54) is 7.11 Å². The van der Waals surface area contributed by atoms with Crippen molar-refractivity contribution in [1.82, 2.24) is 5.32 Å². The summed E-state index contributed by atoms with van der Waals surface area (Å²) in [4.78, 5) is 12.2. The summed E-state index contributed by atoms with van der Waals surface area (Å²) in [6, 6.07) is 6.35. The molecule has 2 fully saturated rings. The molecule has 20 heavy (non-hydrogen) atoms. The molecule has 1 N–H and O–H groups in total. The van der Waals surface area contributed by atoms with Crippen molar-refractivity contribution in [3.8, 4) is 0 Å². The van der Waals surface area contributed by atoms with E-state index < -0.39 is 0 Å². The first kappa shape index (κ1) is 14.2. The number of carbonyl (C=O) groups excluding carboxylic acids is 1. The molecule has 1 aromatic carbocycles. The van der Waals surface area contributed by atoms with Crippen LogP contribution in [-0.4, -0.2) is 25.2 Å². The fourth-order valence-corrected chi connectivity index (χ4v) is 3.91. The number of nitrogens with one attached hydrogen (secondary N) is 1. The van der Waals surface area contributed by atoms with E-state index in [1.807, 2.05) is 12.1 Å². The molecule has 0 amide bonds. The minimum Gasteiger partial charge on any atom is -0.469 e. The second-order valence-electron chi connectivity index (χ2n) is 5.61. The first-order valence-electron chi connectivity index (χ1n) is 6.89. The number of rotatable bonds is 2. The molecular weight excluding hydrogens is 297 g/mol. The zero-order valence-corrected chi connectivity index (χ0v) is 12.7. The number of halogens is 2. The third-order valence-corrected chi connectivity index (χ3v) is 5.27. The van der Waals surface area contributed by atoms with Crippen LogP contribution in [0.4, 0.5) is 0 Å². The highest BCUT2D eigenvalue weighted by Crippen LogP contribution is 2.43. The van der Waals surface area contributed by atoms with E-state index >= 15 is 0 Å². The molecule has 3 rings (SSSR count). The first-order valence-corrected chi connectivity index (χ1v) is 7.64. The molecule has 0 spiro atoms. The molecule has 108 valence electrons. The molecule has 3 nitrogen and oxygen atoms in total. The first-order chi connectivity index (χ1) is 9.60. The molecule has 2 saturated heterocycles. The molecular formula is C15H17Cl2NO2. The quantitative estimate of drug-likeness (QED) is 0.851. The maximum absolute atomic E-state index is 12.2. The van der Waals surface area contributed by atoms with Gasteiger partial charge in [-0.25, -0.2) is 0 Å². The van der Waals surface area contributed by atoms with E-state index in [1.54, 1.807) is 6.07 Å². The van der Waals surface area contributed by atoms with Crippen molar-refractivity contribution in [3.63, 3.8) is 0 Å². The summed E-state index contributed by atoms with van der Waals surface area (Å²) in [5.41, 5.74) is 1.08. The van der Waals surface area contributed by atoms with Crippen molar-refractivity contribution in [2.24, 2.45) is 5.92 Å². The molecule has 2 heterocycles. The normalized spacial score (nSPS) is 32.1. The predicted octanol–water partition coefficient (Wildman–Crippen LogP) is 3.39. The van der Waals surface area contributed by atoms with Gasteiger partial charge in [-0.3, -0.25) is 4.79 Å². The Kier molecular flexibility index (Phi) is 3.93. The van der Waals surface area contributed by atoms with Crippen molar-refractivity contribution in [2.75, 3.05) is 7.11 Å². The van der Waals surface area contributed by atoms with Gasteiger partial charge in [0.25, 0.3) is 0 Å². The number of fused-ring (bicyclic) bond motifs is 2. The minimum absolute atomic E-state index is 0.140. The number of hydrogen-bond acceptors (Lipinski definition) is 3. The Hall–Kier alpha value is -0.770. The SMILES string of the molecule is COC(=O)[C@H]1[C@H]2CCC(C[C@H]1c1ccc(Cl)c(Cl)c1)N2. The lowest BCUT2D eigenvalue weighted by Gasteiger charge is -2.36. The average molecular weight is 314 g/mol. The second-order valence-corrected chi connectivity index (χ2v) is 6.43. The summed E-state index contributed by atoms with van der Waals surface area (Å²) in [5, 5.41) is 4.61. The molecule has 1 unspecified atom stereocenters. The molecule has 2 aliphatic rings. The van der Waals surface area contributed by atoms with Gasteiger partial charge in [0, 0.05) is 18.0 Å². The number of piperidine rings is 1. The van der Waals surface area contributed by atoms with Gasteiger partial charge in [0.05, 0.1) is 23.1 Å². The average Bonchev–Trinajstić information content (AvgIpc) is 2.82. The minimum atomic E-state index is -0.143. The third kappa shape index (κ3) is 2.43. The summed E-state index contributed by atoms with van der Waals surface area (Å²) in [7, 11) is 1.45. The molecule has 0 radical (unpaired) electrons. The monoisotopic (exact) mass is 313 g/mol. The Morgan fingerprint density at radius 3 is 2.80 bits per heavy atom. The molecule has 2 bridgehead atoms. The molecule has 0 saturated carbocycles. The highest BCUT2D eigenvalue weighted by Gasteiger charge is 2.46. The largest absolute Gasteiger partial charge is 0.469 e. The van der Waals surface area contributed by atoms with Gasteiger partial charge in [-0.2, -0.15) is 0 Å². The molecule has 4 atom stereocenters. The maximum Gasteiger partial charge on any atom is 0.310 e. The Bertz CT molecular complexity index is 535. The van der Waals surface area contributed by atoms with Gasteiger partial charge in [-0.1, -0.05) is 29.3 Å². The van der Waals surface area contributed by atoms with Crippen LogP contribution in [0.15, 0.2) is 18.2 Å². The van der Waals surface area contributed by atoms with Gasteiger partial charge in [0.1, 0.15) is 0 Å². The van der Waals surface area contributed by atoms with Crippen molar-refractivity contribution >= 4 is 29.2 Å². The van der Waals surface area contributed by atoms with Crippen LogP contribution in [0.25, 0.3) is 0 Å². The summed E-state index contributed by atoms with van der Waals surface area (Å²) in [5.74, 6) is -0.133. The predicted molar refractivity (Wildman–Crippen MR) is 79.3 cm³/mol. The van der Waals surface area contributed by atoms with E-state index in [9.17, 15) is 4.79 Å². The standard InChI is InChI=1S/C15H17Cl2NO2/c1-20-15(19)14-10(7-9-3-5-13(14)18-9)8-2-4-11(16)12(17)6-8/h2,4,6,9-10,13-14,18H,3,5,7H2,1H3/t9?,10-,13+,14+/m0/s1. The highest BCUT2D eigenvalue weighted by molar-refractivity contribution is 6.42. The molecule has 1 aromatic rings. The van der Waals surface area contributed by atoms with E-state index in [4.69, 9.17) is 27.9 Å². The van der Waals surface area contributed by atoms with Gasteiger partial charge < -0.3 is 10.1 Å². The van der Waals surface area contributed by atoms with Gasteiger partial charge in [0.2, 0.25) is 0 Å². The Morgan fingerprint density at radius 2 is 2.10 bits per heavy atom. The summed E-state index contributed by atoms with van der Waals surface area (Å²) < 4.78 is 5.01. The fraction of sp³-hybridized carbons (Fsp3) is 0.533. The lowest BCUT2D eigenvalue weighted by molar-refractivity contribution is -0.148. The van der Waals surface area contributed by atoms with Gasteiger partial charge in [0.15, 0.2) is 0 Å². The van der Waals surface area contributed by atoms with Gasteiger partial charge in [-0.05, 0) is 37.0 Å². The van der Waals surface area contributed by atoms with Crippen LogP contribution in [0.5, 0.6) is 0 Å². The summed E-state index contributed by atoms with van der Waals surface area (Å²) in [6.45, 7) is 0. The molecule has 5 heteroatoms. The number of hydrogen-bond donors (Lipinski definition) is 1. The van der Waals surface area contributed by atoms with Crippen LogP contribution in [0.1, 0.15) is 30.7 Å². The lowest BCUT2D eigenvalue weighted by Crippen LogP contribution is -2.48. The molecule has 0 aliphatic carbocycles. The molecule has 2 aliphatic heterocycles. The van der Waals surface area contributed by atoms with Crippen molar-refractivity contribution in [2.45, 2.75) is 37.3 Å². The Balaban J connectivity index is 1.96. The zero-order valence-electron chi connectivity index (χ0n) is 11.2. The Morgan fingerprint density at radius 1 is 1.30 bits per heavy atom. The van der Waals surface area contributed by atoms with Crippen molar-refractivity contribution in [1.29, 1.82) is 0 Å². The van der Waals surface area contributed by atoms with Crippen molar-refractivity contribution in [3.05, 3.63) is 33.8 Å². The fourth-order valence-electron chi connectivity index (χ4n) is 3.60. The molecule has 0 aromatic heterocycles. The van der Waals surface area contributed by atoms with Gasteiger partial charge in [-0.15, -0.1) is 0 Å². The van der Waals surface area contributed by atoms with Crippen LogP contribution in [0.2, 0.25) is 10.0 Å². The van der Waals surface area contributed by atoms with E-state index in [0.717, 1.165) is 24.8 Å². The summed E-state index contributed by atoms with van der Waals surface area (Å²) in [6.07, 6.45) is 3.09. The Labute approximate surface area is 128 Å². The van der Waals surface area contributed by atoms with Crippen LogP contribution in [0, 0.1) is 5.92 Å². The maximum atomic E-state index is 12.2. The second kappa shape index (κ2) is 5.55. The third-order valence-electron chi connectivity index (χ3n) is 4.53. The highest BCUT2D eigenvalue weighted by atomic mass is 35.5. The topological polar surface area (TPSA) is 38.3 Å². The zero-order chi connectivity index (χ0) is 14.3. The van der Waals surface area contributed by atoms with Crippen LogP contribution in [-0.2, 0) is 9.53 Å². The number of carbonyl (C=O) groups is 1. The van der Waals surface area contributed by atoms with E-state index in [2.05, 4.69) is 5.32 Å². The van der Waals surface area contributed by atoms with Crippen LogP contribution >= 0.6 is 23.2 Å². The number of methoxy groups -OCH3 is 1. The van der Waals surface area contributed by atoms with Crippen molar-refractivity contribution < 1.29 is 9.53 Å². The number of benzene rings is 1. The van der Waals surface area contributed by atoms with E-state index in [-0.39, 0.29) is 23.8 Å². The number of esters is 1. The van der Waals surface area contributed by atoms with Crippen LogP contribution < -0.4 is 5.32 Å². The smallest absolute Gasteiger partial charge is 0.310 e. The number of ether oxygens (including phenoxy) is 1. The lowest BCUT2D eigenvalue weighted by atomic mass is 9.77. The van der Waals surface area contributed by atoms with Crippen LogP contribution in [0.3, 0.4) is 0 Å². The van der Waals surface area contributed by atoms with E-state index in [0.29, 0.717) is 16.1 Å².